The van der Waals surface area contributed by atoms with Gasteiger partial charge in [0.05, 0.1) is 26.7 Å². The third-order valence-electron chi connectivity index (χ3n) is 5.60. The SMILES string of the molecule is O=C(O)C1=NN(c2ccc(S(=O)(=O)O)cc2)C(=O)C1=CC=CC1C(=O)N(c2ccc(S(=O)(=O)O)cc2)N=C1C(=O)O. The Kier molecular flexibility index (Phi) is 7.42. The predicted octanol–water partition coefficient (Wildman–Crippen LogP) is 0.553. The number of benzene rings is 2. The number of hydrazone groups is 2. The van der Waals surface area contributed by atoms with Gasteiger partial charge in [-0.05, 0) is 54.6 Å². The first-order chi connectivity index (χ1) is 19.1. The van der Waals surface area contributed by atoms with Gasteiger partial charge in [0.15, 0.2) is 11.4 Å². The Morgan fingerprint density at radius 1 is 0.756 bits per heavy atom. The van der Waals surface area contributed by atoms with Crippen molar-refractivity contribution in [2.24, 2.45) is 16.1 Å². The van der Waals surface area contributed by atoms with Crippen molar-refractivity contribution in [2.45, 2.75) is 9.79 Å². The van der Waals surface area contributed by atoms with Gasteiger partial charge >= 0.3 is 11.9 Å². The third-order valence-corrected chi connectivity index (χ3v) is 7.34. The Labute approximate surface area is 230 Å². The summed E-state index contributed by atoms with van der Waals surface area (Å²) in [6, 6.07) is 8.32. The molecule has 0 radical (unpaired) electrons. The van der Waals surface area contributed by atoms with Crippen LogP contribution in [0.2, 0.25) is 0 Å². The molecule has 41 heavy (non-hydrogen) atoms. The second-order valence-electron chi connectivity index (χ2n) is 8.19. The van der Waals surface area contributed by atoms with Crippen LogP contribution in [0, 0.1) is 5.92 Å². The van der Waals surface area contributed by atoms with Crippen LogP contribution in [-0.4, -0.2) is 71.3 Å². The number of aliphatic carboxylic acids is 2. The molecule has 2 aliphatic heterocycles. The molecule has 2 aromatic rings. The number of carboxylic acid groups (broad SMARTS) is 2. The number of rotatable bonds is 8. The molecule has 2 aliphatic rings. The van der Waals surface area contributed by atoms with Gasteiger partial charge in [0.2, 0.25) is 0 Å². The third kappa shape index (κ3) is 5.79. The number of allylic oxidation sites excluding steroid dienone is 2. The summed E-state index contributed by atoms with van der Waals surface area (Å²) < 4.78 is 63.2. The highest BCUT2D eigenvalue weighted by molar-refractivity contribution is 7.86. The molecule has 16 nitrogen and oxygen atoms in total. The van der Waals surface area contributed by atoms with Crippen molar-refractivity contribution in [1.29, 1.82) is 0 Å². The summed E-state index contributed by atoms with van der Waals surface area (Å²) in [5, 5.41) is 27.9. The van der Waals surface area contributed by atoms with Crippen LogP contribution in [0.1, 0.15) is 0 Å². The van der Waals surface area contributed by atoms with E-state index in [1.54, 1.807) is 0 Å². The minimum atomic E-state index is -4.53. The molecular formula is C23H16N4O12S2. The minimum Gasteiger partial charge on any atom is -0.477 e. The summed E-state index contributed by atoms with van der Waals surface area (Å²) in [4.78, 5) is 48.4. The number of carbonyl (C=O) groups is 4. The van der Waals surface area contributed by atoms with E-state index in [1.807, 2.05) is 0 Å². The molecule has 0 aromatic heterocycles. The van der Waals surface area contributed by atoms with Crippen LogP contribution in [-0.2, 0) is 39.4 Å². The molecular weight excluding hydrogens is 588 g/mol. The zero-order valence-corrected chi connectivity index (χ0v) is 21.7. The lowest BCUT2D eigenvalue weighted by Crippen LogP contribution is -2.28. The lowest BCUT2D eigenvalue weighted by atomic mass is 10.0. The standard InChI is InChI=1S/C23H16N4O12S2/c28-20-16(18(22(30)31)24-26(20)12-4-8-14(9-5-12)40(34,35)36)2-1-3-17-19(23(32)33)25-27(21(17)29)13-6-10-15(11-7-13)41(37,38)39/h1-11,16H,(H,30,31)(H,32,33)(H,34,35,36)(H,37,38,39). The molecule has 0 aliphatic carbocycles. The van der Waals surface area contributed by atoms with Crippen molar-refractivity contribution in [3.8, 4) is 0 Å². The van der Waals surface area contributed by atoms with E-state index in [1.165, 1.54) is 0 Å². The highest BCUT2D eigenvalue weighted by Gasteiger charge is 2.39. The Bertz CT molecular complexity index is 1830. The molecule has 2 amide bonds. The Morgan fingerprint density at radius 3 is 1.68 bits per heavy atom. The van der Waals surface area contributed by atoms with Crippen molar-refractivity contribution < 1.29 is 55.3 Å². The zero-order chi connectivity index (χ0) is 30.3. The fourth-order valence-electron chi connectivity index (χ4n) is 3.68. The van der Waals surface area contributed by atoms with Crippen LogP contribution in [0.15, 0.2) is 92.3 Å². The van der Waals surface area contributed by atoms with Gasteiger partial charge in [-0.25, -0.2) is 9.59 Å². The van der Waals surface area contributed by atoms with Crippen LogP contribution in [0.25, 0.3) is 0 Å². The van der Waals surface area contributed by atoms with Crippen LogP contribution in [0.5, 0.6) is 0 Å². The topological polar surface area (TPSA) is 249 Å². The molecule has 18 heteroatoms. The molecule has 4 rings (SSSR count). The average Bonchev–Trinajstić information content (AvgIpc) is 3.40. The predicted molar refractivity (Wildman–Crippen MR) is 138 cm³/mol. The number of nitrogens with zero attached hydrogens (tertiary/aromatic N) is 4. The maximum absolute atomic E-state index is 13.0. The first-order valence-corrected chi connectivity index (χ1v) is 13.8. The molecule has 2 aromatic carbocycles. The number of hydrogen-bond donors (Lipinski definition) is 4. The quantitative estimate of drug-likeness (QED) is 0.238. The van der Waals surface area contributed by atoms with Crippen molar-refractivity contribution >= 4 is 66.8 Å². The van der Waals surface area contributed by atoms with E-state index < -0.39 is 76.7 Å². The fraction of sp³-hybridized carbons (Fsp3) is 0.0435. The summed E-state index contributed by atoms with van der Waals surface area (Å²) in [5.41, 5.74) is -1.84. The molecule has 0 spiro atoms. The minimum absolute atomic E-state index is 0.0164. The molecule has 0 saturated heterocycles. The lowest BCUT2D eigenvalue weighted by Gasteiger charge is -2.13. The lowest BCUT2D eigenvalue weighted by molar-refractivity contribution is -0.130. The average molecular weight is 605 g/mol. The maximum atomic E-state index is 13.0. The molecule has 2 heterocycles. The summed E-state index contributed by atoms with van der Waals surface area (Å²) >= 11 is 0. The second kappa shape index (κ2) is 10.5. The fourth-order valence-corrected chi connectivity index (χ4v) is 4.64. The second-order valence-corrected chi connectivity index (χ2v) is 11.0. The van der Waals surface area contributed by atoms with E-state index >= 15 is 0 Å². The number of anilines is 2. The highest BCUT2D eigenvalue weighted by atomic mass is 32.2. The monoisotopic (exact) mass is 604 g/mol. The van der Waals surface area contributed by atoms with Crippen molar-refractivity contribution in [1.82, 2.24) is 0 Å². The molecule has 0 saturated carbocycles. The van der Waals surface area contributed by atoms with Gasteiger partial charge < -0.3 is 10.2 Å². The van der Waals surface area contributed by atoms with Crippen molar-refractivity contribution in [2.75, 3.05) is 10.0 Å². The van der Waals surface area contributed by atoms with E-state index in [0.717, 1.165) is 66.8 Å². The first kappa shape index (κ1) is 29.0. The van der Waals surface area contributed by atoms with Gasteiger partial charge in [-0.3, -0.25) is 18.7 Å². The van der Waals surface area contributed by atoms with Gasteiger partial charge in [-0.15, -0.1) is 0 Å². The Balaban J connectivity index is 1.61. The van der Waals surface area contributed by atoms with Crippen LogP contribution >= 0.6 is 0 Å². The number of hydrogen-bond acceptors (Lipinski definition) is 10. The first-order valence-electron chi connectivity index (χ1n) is 11.0. The van der Waals surface area contributed by atoms with Crippen LogP contribution < -0.4 is 10.0 Å². The number of carbonyl (C=O) groups excluding carboxylic acids is 2. The maximum Gasteiger partial charge on any atom is 0.357 e. The Hall–Kier alpha value is -5.04. The van der Waals surface area contributed by atoms with E-state index in [0.29, 0.717) is 10.0 Å². The van der Waals surface area contributed by atoms with E-state index in [4.69, 9.17) is 9.11 Å². The van der Waals surface area contributed by atoms with Crippen LogP contribution in [0.4, 0.5) is 11.4 Å². The molecule has 4 N–H and O–H groups in total. The number of carboxylic acids is 2. The van der Waals surface area contributed by atoms with Crippen molar-refractivity contribution in [3.63, 3.8) is 0 Å². The largest absolute Gasteiger partial charge is 0.477 e. The molecule has 0 bridgehead atoms. The van der Waals surface area contributed by atoms with Crippen LogP contribution in [0.3, 0.4) is 0 Å². The summed E-state index contributed by atoms with van der Waals surface area (Å²) in [5.74, 6) is -6.48. The zero-order valence-electron chi connectivity index (χ0n) is 20.1. The van der Waals surface area contributed by atoms with E-state index in [2.05, 4.69) is 10.2 Å². The molecule has 1 unspecified atom stereocenters. The smallest absolute Gasteiger partial charge is 0.357 e. The van der Waals surface area contributed by atoms with Gasteiger partial charge in [-0.1, -0.05) is 12.2 Å². The van der Waals surface area contributed by atoms with E-state index in [9.17, 15) is 46.2 Å². The van der Waals surface area contributed by atoms with Gasteiger partial charge in [-0.2, -0.15) is 37.1 Å². The summed E-state index contributed by atoms with van der Waals surface area (Å²) in [6.07, 6.45) is 3.09. The Morgan fingerprint density at radius 2 is 1.24 bits per heavy atom. The van der Waals surface area contributed by atoms with Crippen molar-refractivity contribution in [3.05, 3.63) is 72.3 Å². The highest BCUT2D eigenvalue weighted by Crippen LogP contribution is 2.28. The van der Waals surface area contributed by atoms with E-state index in [-0.39, 0.29) is 11.4 Å². The van der Waals surface area contributed by atoms with Gasteiger partial charge in [0.1, 0.15) is 5.92 Å². The van der Waals surface area contributed by atoms with Gasteiger partial charge in [0.25, 0.3) is 32.1 Å². The normalized spacial score (nSPS) is 18.8. The van der Waals surface area contributed by atoms with Gasteiger partial charge in [0, 0.05) is 0 Å². The summed E-state index contributed by atoms with van der Waals surface area (Å²) in [6.45, 7) is 0. The molecule has 0 fully saturated rings. The molecule has 1 atom stereocenters. The molecule has 212 valence electrons. The summed E-state index contributed by atoms with van der Waals surface area (Å²) in [7, 11) is -9.05. The number of amides is 2.